The van der Waals surface area contributed by atoms with Crippen molar-refractivity contribution >= 4 is 35.0 Å². The third kappa shape index (κ3) is 7.05. The summed E-state index contributed by atoms with van der Waals surface area (Å²) in [7, 11) is 0. The van der Waals surface area contributed by atoms with Crippen molar-refractivity contribution in [3.05, 3.63) is 105 Å². The fraction of sp³-hybridized carbons (Fsp3) is 0.297. The highest BCUT2D eigenvalue weighted by Crippen LogP contribution is 2.43. The molecule has 2 unspecified atom stereocenters. The lowest BCUT2D eigenvalue weighted by Gasteiger charge is -2.18. The summed E-state index contributed by atoms with van der Waals surface area (Å²) in [5.41, 5.74) is 10.1. The van der Waals surface area contributed by atoms with E-state index in [4.69, 9.17) is 28.3 Å². The molecule has 238 valence electrons. The van der Waals surface area contributed by atoms with E-state index in [-0.39, 0.29) is 18.6 Å². The second-order valence-corrected chi connectivity index (χ2v) is 13.2. The van der Waals surface area contributed by atoms with E-state index in [2.05, 4.69) is 40.1 Å². The molecule has 2 aliphatic rings. The van der Waals surface area contributed by atoms with E-state index in [9.17, 15) is 19.8 Å². The average molecular weight is 660 g/mol. The lowest BCUT2D eigenvalue weighted by molar-refractivity contribution is -0.139. The van der Waals surface area contributed by atoms with E-state index in [1.165, 1.54) is 18.1 Å². The Labute approximate surface area is 278 Å². The first-order valence-electron chi connectivity index (χ1n) is 15.4. The lowest BCUT2D eigenvalue weighted by Crippen LogP contribution is -2.29. The molecule has 0 aromatic heterocycles. The van der Waals surface area contributed by atoms with Crippen LogP contribution in [0.1, 0.15) is 42.0 Å². The van der Waals surface area contributed by atoms with Gasteiger partial charge in [0.05, 0.1) is 28.7 Å². The van der Waals surface area contributed by atoms with Crippen molar-refractivity contribution in [3.8, 4) is 33.4 Å². The number of carboxylic acid groups (broad SMARTS) is 1. The summed E-state index contributed by atoms with van der Waals surface area (Å²) < 4.78 is 0. The monoisotopic (exact) mass is 658 g/mol. The van der Waals surface area contributed by atoms with Crippen LogP contribution >= 0.6 is 23.2 Å². The highest BCUT2D eigenvalue weighted by Gasteiger charge is 2.25. The molecule has 0 saturated carbocycles. The van der Waals surface area contributed by atoms with Crippen molar-refractivity contribution in [3.63, 3.8) is 0 Å². The zero-order valence-corrected chi connectivity index (χ0v) is 27.1. The molecule has 6 rings (SSSR count). The van der Waals surface area contributed by atoms with Gasteiger partial charge in [0.15, 0.2) is 0 Å². The predicted molar refractivity (Wildman–Crippen MR) is 181 cm³/mol. The summed E-state index contributed by atoms with van der Waals surface area (Å²) in [5, 5.41) is 30.6. The molecule has 0 spiro atoms. The number of ketones is 1. The first-order chi connectivity index (χ1) is 22.0. The van der Waals surface area contributed by atoms with Crippen LogP contribution in [0.25, 0.3) is 33.4 Å². The van der Waals surface area contributed by atoms with E-state index in [0.29, 0.717) is 42.8 Å². The summed E-state index contributed by atoms with van der Waals surface area (Å²) in [4.78, 5) is 26.6. The van der Waals surface area contributed by atoms with Crippen LogP contribution in [0.3, 0.4) is 0 Å². The number of carbonyl (C=O) groups excluding carboxylic acids is 1. The largest absolute Gasteiger partial charge is 0.481 e. The molecule has 0 aliphatic carbocycles. The molecule has 2 heterocycles. The van der Waals surface area contributed by atoms with Crippen molar-refractivity contribution in [1.29, 1.82) is 0 Å². The highest BCUT2D eigenvalue weighted by molar-refractivity contribution is 6.39. The smallest absolute Gasteiger partial charge is 0.306 e. The molecular formula is C37H36Cl2N2O5. The number of carboxylic acids is 1. The minimum atomic E-state index is -1.01. The summed E-state index contributed by atoms with van der Waals surface area (Å²) >= 11 is 14.2. The van der Waals surface area contributed by atoms with Gasteiger partial charge in [0, 0.05) is 67.9 Å². The fourth-order valence-electron chi connectivity index (χ4n) is 6.71. The van der Waals surface area contributed by atoms with Gasteiger partial charge in [0.2, 0.25) is 0 Å². The van der Waals surface area contributed by atoms with Gasteiger partial charge in [-0.2, -0.15) is 0 Å². The molecule has 0 fully saturated rings. The van der Waals surface area contributed by atoms with Crippen LogP contribution in [0.15, 0.2) is 72.8 Å². The first kappa shape index (κ1) is 32.4. The van der Waals surface area contributed by atoms with Gasteiger partial charge in [-0.15, -0.1) is 0 Å². The number of carbonyl (C=O) groups is 2. The molecule has 0 radical (unpaired) electrons. The van der Waals surface area contributed by atoms with Gasteiger partial charge < -0.3 is 15.3 Å². The Morgan fingerprint density at radius 3 is 1.50 bits per heavy atom. The molecule has 3 N–H and O–H groups in total. The average Bonchev–Trinajstić information content (AvgIpc) is 3.58. The van der Waals surface area contributed by atoms with E-state index in [1.54, 1.807) is 0 Å². The number of β-amino-alcohol motifs (C(OH)–C–C–N with tert-alkyl or cyclic N) is 2. The van der Waals surface area contributed by atoms with Gasteiger partial charge >= 0.3 is 5.97 Å². The Morgan fingerprint density at radius 2 is 1.07 bits per heavy atom. The standard InChI is InChI=1S/C37H36Cl2N2O5/c1-22(42)12-29(43)20-40-16-25-10-8-23(13-27(25)18-40)31-4-2-6-33(36(31)38)34-7-3-5-32(37(34)39)24-9-11-26-17-41(19-28(26)14-24)21-30(44)15-35(45)46/h2-11,13-14,29-30,43-44H,12,15-21H2,1H3,(H,45,46). The number of aliphatic hydroxyl groups excluding tert-OH is 2. The summed E-state index contributed by atoms with van der Waals surface area (Å²) in [5.74, 6) is -1.02. The van der Waals surface area contributed by atoms with Gasteiger partial charge in [0.25, 0.3) is 0 Å². The summed E-state index contributed by atoms with van der Waals surface area (Å²) in [6.45, 7) is 4.96. The number of halogens is 2. The van der Waals surface area contributed by atoms with Crippen LogP contribution in [0.2, 0.25) is 10.0 Å². The van der Waals surface area contributed by atoms with Gasteiger partial charge in [-0.3, -0.25) is 19.4 Å². The molecule has 46 heavy (non-hydrogen) atoms. The number of hydrogen-bond acceptors (Lipinski definition) is 6. The van der Waals surface area contributed by atoms with Crippen molar-refractivity contribution in [2.75, 3.05) is 13.1 Å². The number of nitrogens with zero attached hydrogens (tertiary/aromatic N) is 2. The molecular weight excluding hydrogens is 623 g/mol. The minimum absolute atomic E-state index is 0.0153. The summed E-state index contributed by atoms with van der Waals surface area (Å²) in [6, 6.07) is 24.5. The zero-order chi connectivity index (χ0) is 32.5. The van der Waals surface area contributed by atoms with Crippen LogP contribution in [0, 0.1) is 0 Å². The molecule has 9 heteroatoms. The van der Waals surface area contributed by atoms with Crippen molar-refractivity contribution in [1.82, 2.24) is 9.80 Å². The molecule has 7 nitrogen and oxygen atoms in total. The number of Topliss-reactive ketones (excluding diaryl/α,β-unsaturated/α-hetero) is 1. The van der Waals surface area contributed by atoms with Crippen LogP contribution in [-0.4, -0.2) is 62.2 Å². The maximum atomic E-state index is 11.4. The zero-order valence-electron chi connectivity index (χ0n) is 25.5. The van der Waals surface area contributed by atoms with Crippen molar-refractivity contribution < 1.29 is 24.9 Å². The van der Waals surface area contributed by atoms with Crippen molar-refractivity contribution in [2.45, 2.75) is 58.2 Å². The molecule has 0 saturated heterocycles. The number of benzene rings is 4. The number of rotatable bonds is 11. The second-order valence-electron chi connectivity index (χ2n) is 12.5. The highest BCUT2D eigenvalue weighted by atomic mass is 35.5. The lowest BCUT2D eigenvalue weighted by atomic mass is 9.94. The number of hydrogen-bond donors (Lipinski definition) is 3. The van der Waals surface area contributed by atoms with E-state index in [0.717, 1.165) is 51.1 Å². The fourth-order valence-corrected chi connectivity index (χ4v) is 7.38. The van der Waals surface area contributed by atoms with E-state index < -0.39 is 18.2 Å². The van der Waals surface area contributed by atoms with E-state index in [1.807, 2.05) is 42.5 Å². The topological polar surface area (TPSA) is 101 Å². The molecule has 2 aliphatic heterocycles. The molecule has 2 atom stereocenters. The Kier molecular flexibility index (Phi) is 9.62. The summed E-state index contributed by atoms with van der Waals surface area (Å²) in [6.07, 6.45) is -1.70. The van der Waals surface area contributed by atoms with Gasteiger partial charge in [-0.1, -0.05) is 83.9 Å². The maximum Gasteiger partial charge on any atom is 0.306 e. The Balaban J connectivity index is 1.23. The van der Waals surface area contributed by atoms with Crippen LogP contribution in [-0.2, 0) is 35.8 Å². The molecule has 0 amide bonds. The third-order valence-corrected chi connectivity index (χ3v) is 9.58. The van der Waals surface area contributed by atoms with Gasteiger partial charge in [0.1, 0.15) is 5.78 Å². The number of aliphatic hydroxyl groups is 2. The third-order valence-electron chi connectivity index (χ3n) is 8.77. The van der Waals surface area contributed by atoms with Gasteiger partial charge in [-0.05, 0) is 52.4 Å². The van der Waals surface area contributed by atoms with Crippen LogP contribution in [0.4, 0.5) is 0 Å². The number of fused-ring (bicyclic) bond motifs is 2. The number of aliphatic carboxylic acids is 1. The van der Waals surface area contributed by atoms with E-state index >= 15 is 0 Å². The molecule has 4 aromatic carbocycles. The Hall–Kier alpha value is -3.56. The SMILES string of the molecule is CC(=O)CC(O)CN1Cc2ccc(-c3cccc(-c4cccc(-c5ccc6c(c5)CN(CC(O)CC(=O)O)C6)c4Cl)c3Cl)cc2C1. The Morgan fingerprint density at radius 1 is 0.652 bits per heavy atom. The van der Waals surface area contributed by atoms with Crippen LogP contribution in [0.5, 0.6) is 0 Å². The quantitative estimate of drug-likeness (QED) is 0.163. The Bertz CT molecular complexity index is 1680. The molecule has 0 bridgehead atoms. The van der Waals surface area contributed by atoms with Crippen molar-refractivity contribution in [2.24, 2.45) is 0 Å². The second kappa shape index (κ2) is 13.7. The molecule has 4 aromatic rings. The normalized spacial score (nSPS) is 15.8. The minimum Gasteiger partial charge on any atom is -0.481 e. The van der Waals surface area contributed by atoms with Gasteiger partial charge in [-0.25, -0.2) is 0 Å². The van der Waals surface area contributed by atoms with Crippen LogP contribution < -0.4 is 0 Å². The maximum absolute atomic E-state index is 11.4. The predicted octanol–water partition coefficient (Wildman–Crippen LogP) is 6.80. The first-order valence-corrected chi connectivity index (χ1v) is 16.1.